The zero-order valence-corrected chi connectivity index (χ0v) is 13.7. The molecule has 0 aliphatic heterocycles. The van der Waals surface area contributed by atoms with Crippen LogP contribution < -0.4 is 10.8 Å². The second-order valence-corrected chi connectivity index (χ2v) is 5.03. The van der Waals surface area contributed by atoms with E-state index in [9.17, 15) is 9.18 Å². The third-order valence-corrected chi connectivity index (χ3v) is 3.33. The number of benzene rings is 1. The van der Waals surface area contributed by atoms with Crippen molar-refractivity contribution in [2.45, 2.75) is 6.54 Å². The number of methoxy groups -OCH3 is 1. The van der Waals surface area contributed by atoms with Gasteiger partial charge in [-0.05, 0) is 30.3 Å². The molecule has 0 fully saturated rings. The molecule has 0 aliphatic rings. The third kappa shape index (κ3) is 4.75. The Balaban J connectivity index is 2.25. The molecule has 3 N–H and O–H groups in total. The molecule has 0 spiro atoms. The fourth-order valence-electron chi connectivity index (χ4n) is 2.08. The Morgan fingerprint density at radius 3 is 2.76 bits per heavy atom. The Labute approximate surface area is 144 Å². The van der Waals surface area contributed by atoms with E-state index in [1.807, 2.05) is 0 Å². The van der Waals surface area contributed by atoms with Gasteiger partial charge in [0.25, 0.3) is 5.91 Å². The summed E-state index contributed by atoms with van der Waals surface area (Å²) in [6.07, 6.45) is 4.15. The highest BCUT2D eigenvalue weighted by Gasteiger charge is 2.12. The van der Waals surface area contributed by atoms with Gasteiger partial charge >= 0.3 is 0 Å². The molecule has 8 heteroatoms. The molecule has 132 valence electrons. The first-order valence-electron chi connectivity index (χ1n) is 7.45. The van der Waals surface area contributed by atoms with Crippen LogP contribution in [0.5, 0.6) is 0 Å². The molecule has 7 nitrogen and oxygen atoms in total. The number of ether oxygens (including phenoxy) is 1. The molecule has 2 rings (SSSR count). The Morgan fingerprint density at radius 2 is 2.16 bits per heavy atom. The van der Waals surface area contributed by atoms with Crippen LogP contribution in [0.15, 0.2) is 49.2 Å². The van der Waals surface area contributed by atoms with Crippen molar-refractivity contribution in [3.8, 4) is 0 Å². The predicted molar refractivity (Wildman–Crippen MR) is 92.4 cm³/mol. The highest BCUT2D eigenvalue weighted by atomic mass is 19.1. The summed E-state index contributed by atoms with van der Waals surface area (Å²) in [5.74, 6) is -0.671. The van der Waals surface area contributed by atoms with E-state index in [1.54, 1.807) is 35.5 Å². The van der Waals surface area contributed by atoms with E-state index in [0.29, 0.717) is 30.4 Å². The van der Waals surface area contributed by atoms with Gasteiger partial charge in [0.2, 0.25) is 5.95 Å². The molecule has 0 saturated heterocycles. The van der Waals surface area contributed by atoms with Crippen molar-refractivity contribution in [1.29, 1.82) is 0 Å². The van der Waals surface area contributed by atoms with Crippen LogP contribution in [-0.2, 0) is 11.3 Å². The lowest BCUT2D eigenvalue weighted by atomic mass is 10.2. The number of halogens is 1. The van der Waals surface area contributed by atoms with Crippen LogP contribution in [0.4, 0.5) is 16.0 Å². The highest BCUT2D eigenvalue weighted by molar-refractivity contribution is 5.93. The van der Waals surface area contributed by atoms with Gasteiger partial charge in [-0.25, -0.2) is 14.9 Å². The zero-order chi connectivity index (χ0) is 18.2. The number of carbonyl (C=O) groups excluding carboxylic acids is 1. The maximum Gasteiger partial charge on any atom is 0.274 e. The number of nitrogens with zero attached hydrogens (tertiary/aromatic N) is 2. The molecule has 0 bridgehead atoms. The number of aromatic nitrogens is 2. The van der Waals surface area contributed by atoms with Crippen LogP contribution in [-0.4, -0.2) is 34.4 Å². The van der Waals surface area contributed by atoms with Crippen LogP contribution in [0.2, 0.25) is 0 Å². The second kappa shape index (κ2) is 8.76. The number of nitrogens with one attached hydrogen (secondary N) is 2. The number of amides is 1. The number of imidazole rings is 1. The maximum atomic E-state index is 14.0. The first-order chi connectivity index (χ1) is 12.1. The minimum atomic E-state index is -0.605. The van der Waals surface area contributed by atoms with E-state index < -0.39 is 11.7 Å². The fraction of sp³-hybridized carbons (Fsp3) is 0.176. The largest absolute Gasteiger partial charge is 0.383 e. The van der Waals surface area contributed by atoms with E-state index in [-0.39, 0.29) is 5.69 Å². The molecule has 0 radical (unpaired) electrons. The molecule has 1 aromatic heterocycles. The molecular formula is C17H19FN4O3. The second-order valence-electron chi connectivity index (χ2n) is 5.03. The van der Waals surface area contributed by atoms with E-state index >= 15 is 0 Å². The molecule has 0 aliphatic carbocycles. The molecule has 0 atom stereocenters. The van der Waals surface area contributed by atoms with E-state index in [2.05, 4.69) is 16.9 Å². The van der Waals surface area contributed by atoms with Crippen LogP contribution >= 0.6 is 0 Å². The standard InChI is InChI=1S/C17H19FN4O3/c1-3-4-14(18)15-11-22(9-10-25-2)17(20-15)19-13-7-5-12(6-8-13)16(23)21-24/h3-8,11,24H,1,9-10H2,2H3,(H,19,20)(H,21,23). The van der Waals surface area contributed by atoms with Gasteiger partial charge in [-0.1, -0.05) is 12.7 Å². The Kier molecular flexibility index (Phi) is 6.44. The number of hydrogen-bond donors (Lipinski definition) is 3. The van der Waals surface area contributed by atoms with Gasteiger partial charge in [0.15, 0.2) is 0 Å². The topological polar surface area (TPSA) is 88.4 Å². The summed E-state index contributed by atoms with van der Waals surface area (Å²) in [7, 11) is 1.58. The summed E-state index contributed by atoms with van der Waals surface area (Å²) in [4.78, 5) is 15.6. The predicted octanol–water partition coefficient (Wildman–Crippen LogP) is 2.89. The average molecular weight is 346 g/mol. The van der Waals surface area contributed by atoms with E-state index in [0.717, 1.165) is 0 Å². The van der Waals surface area contributed by atoms with Crippen LogP contribution in [0, 0.1) is 0 Å². The van der Waals surface area contributed by atoms with Crippen molar-refractivity contribution in [2.24, 2.45) is 0 Å². The quantitative estimate of drug-likeness (QED) is 0.389. The minimum absolute atomic E-state index is 0.176. The zero-order valence-electron chi connectivity index (χ0n) is 13.7. The molecule has 25 heavy (non-hydrogen) atoms. The van der Waals surface area contributed by atoms with Crippen molar-refractivity contribution >= 4 is 23.4 Å². The highest BCUT2D eigenvalue weighted by Crippen LogP contribution is 2.22. The van der Waals surface area contributed by atoms with Crippen LogP contribution in [0.25, 0.3) is 5.83 Å². The van der Waals surface area contributed by atoms with Crippen molar-refractivity contribution in [3.05, 3.63) is 60.5 Å². The summed E-state index contributed by atoms with van der Waals surface area (Å²) >= 11 is 0. The van der Waals surface area contributed by atoms with Gasteiger partial charge in [-0.3, -0.25) is 10.0 Å². The normalized spacial score (nSPS) is 11.2. The molecule has 1 aromatic carbocycles. The molecule has 2 aromatic rings. The summed E-state index contributed by atoms with van der Waals surface area (Å²) < 4.78 is 20.7. The van der Waals surface area contributed by atoms with Gasteiger partial charge in [-0.15, -0.1) is 0 Å². The lowest BCUT2D eigenvalue weighted by Gasteiger charge is -2.09. The number of rotatable bonds is 8. The maximum absolute atomic E-state index is 14.0. The summed E-state index contributed by atoms with van der Waals surface area (Å²) in [6, 6.07) is 6.37. The SMILES string of the molecule is C=CC=C(F)c1cn(CCOC)c(Nc2ccc(C(=O)NO)cc2)n1. The monoisotopic (exact) mass is 346 g/mol. The number of allylic oxidation sites excluding steroid dienone is 2. The summed E-state index contributed by atoms with van der Waals surface area (Å²) in [5.41, 5.74) is 2.69. The molecule has 0 saturated carbocycles. The van der Waals surface area contributed by atoms with Crippen LogP contribution in [0.3, 0.4) is 0 Å². The van der Waals surface area contributed by atoms with Gasteiger partial charge < -0.3 is 14.6 Å². The third-order valence-electron chi connectivity index (χ3n) is 3.33. The van der Waals surface area contributed by atoms with Gasteiger partial charge in [-0.2, -0.15) is 0 Å². The van der Waals surface area contributed by atoms with Gasteiger partial charge in [0.1, 0.15) is 11.5 Å². The fourth-order valence-corrected chi connectivity index (χ4v) is 2.08. The summed E-state index contributed by atoms with van der Waals surface area (Å²) in [6.45, 7) is 4.39. The van der Waals surface area contributed by atoms with Crippen molar-refractivity contribution < 1.29 is 19.1 Å². The van der Waals surface area contributed by atoms with Crippen LogP contribution in [0.1, 0.15) is 16.1 Å². The molecular weight excluding hydrogens is 327 g/mol. The molecule has 1 heterocycles. The Morgan fingerprint density at radius 1 is 1.44 bits per heavy atom. The average Bonchev–Trinajstić information content (AvgIpc) is 3.03. The van der Waals surface area contributed by atoms with Crippen molar-refractivity contribution in [1.82, 2.24) is 15.0 Å². The number of hydroxylamine groups is 1. The number of carbonyl (C=O) groups is 1. The molecule has 0 unspecified atom stereocenters. The molecule has 1 amide bonds. The van der Waals surface area contributed by atoms with Gasteiger partial charge in [0.05, 0.1) is 6.61 Å². The first-order valence-corrected chi connectivity index (χ1v) is 7.45. The van der Waals surface area contributed by atoms with Crippen molar-refractivity contribution in [2.75, 3.05) is 19.0 Å². The number of hydrogen-bond acceptors (Lipinski definition) is 5. The smallest absolute Gasteiger partial charge is 0.274 e. The van der Waals surface area contributed by atoms with E-state index in [4.69, 9.17) is 9.94 Å². The minimum Gasteiger partial charge on any atom is -0.383 e. The van der Waals surface area contributed by atoms with Gasteiger partial charge in [0, 0.05) is 31.1 Å². The Bertz CT molecular complexity index is 769. The lowest BCUT2D eigenvalue weighted by Crippen LogP contribution is -2.18. The van der Waals surface area contributed by atoms with Crippen molar-refractivity contribution in [3.63, 3.8) is 0 Å². The van der Waals surface area contributed by atoms with E-state index in [1.165, 1.54) is 24.3 Å². The Hall–Kier alpha value is -2.97. The first kappa shape index (κ1) is 18.4. The summed E-state index contributed by atoms with van der Waals surface area (Å²) in [5, 5.41) is 11.7. The number of anilines is 2. The lowest BCUT2D eigenvalue weighted by molar-refractivity contribution is 0.0706.